The van der Waals surface area contributed by atoms with Crippen LogP contribution in [0.25, 0.3) is 0 Å². The molecule has 2 aromatic rings. The fourth-order valence-electron chi connectivity index (χ4n) is 1.81. The molecule has 0 aliphatic carbocycles. The molecule has 0 saturated heterocycles. The van der Waals surface area contributed by atoms with Crippen molar-refractivity contribution in [3.8, 4) is 0 Å². The summed E-state index contributed by atoms with van der Waals surface area (Å²) in [7, 11) is 1.66. The highest BCUT2D eigenvalue weighted by Crippen LogP contribution is 2.19. The van der Waals surface area contributed by atoms with Crippen molar-refractivity contribution in [1.82, 2.24) is 15.6 Å². The second kappa shape index (κ2) is 10.1. The molecular weight excluding hydrogens is 463 g/mol. The largest absolute Gasteiger partial charge is 0.383 e. The van der Waals surface area contributed by atoms with Crippen LogP contribution in [-0.2, 0) is 17.8 Å². The van der Waals surface area contributed by atoms with Crippen molar-refractivity contribution in [2.24, 2.45) is 0 Å². The molecule has 0 saturated carbocycles. The first kappa shape index (κ1) is 19.4. The van der Waals surface area contributed by atoms with Gasteiger partial charge >= 0.3 is 6.03 Å². The number of ether oxygens (including phenoxy) is 1. The number of carbonyl (C=O) groups excluding carboxylic acids is 1. The number of carbonyl (C=O) groups is 1. The fraction of sp³-hybridized carbons (Fsp3) is 0.333. The minimum absolute atomic E-state index is 0.284. The topological polar surface area (TPSA) is 75.3 Å². The summed E-state index contributed by atoms with van der Waals surface area (Å²) in [5, 5.41) is 11.9. The molecule has 1 aromatic heterocycles. The molecule has 6 nitrogen and oxygen atoms in total. The molecular formula is C15H18ClIN4O2S. The van der Waals surface area contributed by atoms with Crippen molar-refractivity contribution < 1.29 is 9.53 Å². The second-order valence-electron chi connectivity index (χ2n) is 4.87. The number of amides is 2. The standard InChI is InChI=1S/C15H18ClIN4O2S/c1-23-5-4-18-8-11-9-24-15(20-11)21-14(22)19-7-10-2-3-12(16)13(17)6-10/h2-3,6,9,18H,4-5,7-8H2,1H3,(H2,19,20,21,22). The number of nitrogens with zero attached hydrogens (tertiary/aromatic N) is 1. The Bertz CT molecular complexity index is 683. The van der Waals surface area contributed by atoms with Crippen molar-refractivity contribution in [2.75, 3.05) is 25.6 Å². The number of halogens is 2. The van der Waals surface area contributed by atoms with E-state index in [0.29, 0.717) is 29.9 Å². The summed E-state index contributed by atoms with van der Waals surface area (Å²) in [6, 6.07) is 5.36. The van der Waals surface area contributed by atoms with E-state index in [1.54, 1.807) is 7.11 Å². The number of anilines is 1. The molecule has 130 valence electrons. The van der Waals surface area contributed by atoms with Crippen LogP contribution < -0.4 is 16.0 Å². The summed E-state index contributed by atoms with van der Waals surface area (Å²) in [5.74, 6) is 0. The zero-order valence-electron chi connectivity index (χ0n) is 13.1. The number of benzene rings is 1. The average molecular weight is 481 g/mol. The van der Waals surface area contributed by atoms with E-state index < -0.39 is 0 Å². The van der Waals surface area contributed by atoms with Crippen LogP contribution in [0.4, 0.5) is 9.93 Å². The average Bonchev–Trinajstić information content (AvgIpc) is 3.00. The Kier molecular flexibility index (Phi) is 8.19. The Balaban J connectivity index is 1.75. The quantitative estimate of drug-likeness (QED) is 0.400. The number of rotatable bonds is 8. The van der Waals surface area contributed by atoms with Gasteiger partial charge in [-0.2, -0.15) is 0 Å². The number of methoxy groups -OCH3 is 1. The van der Waals surface area contributed by atoms with Gasteiger partial charge in [-0.15, -0.1) is 11.3 Å². The van der Waals surface area contributed by atoms with E-state index in [1.807, 2.05) is 23.6 Å². The summed E-state index contributed by atoms with van der Waals surface area (Å²) in [5.41, 5.74) is 1.87. The van der Waals surface area contributed by atoms with Gasteiger partial charge in [-0.25, -0.2) is 9.78 Å². The van der Waals surface area contributed by atoms with Gasteiger partial charge in [0.05, 0.1) is 17.3 Å². The molecule has 0 unspecified atom stereocenters. The van der Waals surface area contributed by atoms with Gasteiger partial charge < -0.3 is 15.4 Å². The Morgan fingerprint density at radius 2 is 2.25 bits per heavy atom. The first-order valence-electron chi connectivity index (χ1n) is 7.21. The van der Waals surface area contributed by atoms with E-state index >= 15 is 0 Å². The number of nitrogens with one attached hydrogen (secondary N) is 3. The summed E-state index contributed by atoms with van der Waals surface area (Å²) in [4.78, 5) is 16.3. The molecule has 0 radical (unpaired) electrons. The van der Waals surface area contributed by atoms with E-state index in [-0.39, 0.29) is 6.03 Å². The number of hydrogen-bond acceptors (Lipinski definition) is 5. The van der Waals surface area contributed by atoms with Crippen LogP contribution in [0.2, 0.25) is 5.02 Å². The Labute approximate surface area is 163 Å². The molecule has 1 heterocycles. The molecule has 0 bridgehead atoms. The second-order valence-corrected chi connectivity index (χ2v) is 7.30. The van der Waals surface area contributed by atoms with Crippen molar-refractivity contribution >= 4 is 56.7 Å². The van der Waals surface area contributed by atoms with Gasteiger partial charge in [-0.1, -0.05) is 17.7 Å². The number of thiazole rings is 1. The van der Waals surface area contributed by atoms with Crippen LogP contribution in [0.3, 0.4) is 0 Å². The van der Waals surface area contributed by atoms with E-state index in [0.717, 1.165) is 21.4 Å². The minimum atomic E-state index is -0.284. The molecule has 0 aliphatic heterocycles. The van der Waals surface area contributed by atoms with Gasteiger partial charge in [0.25, 0.3) is 0 Å². The number of aromatic nitrogens is 1. The zero-order chi connectivity index (χ0) is 17.4. The fourth-order valence-corrected chi connectivity index (χ4v) is 3.21. The van der Waals surface area contributed by atoms with Crippen molar-refractivity contribution in [3.63, 3.8) is 0 Å². The predicted molar refractivity (Wildman–Crippen MR) is 106 cm³/mol. The number of hydrogen-bond donors (Lipinski definition) is 3. The first-order chi connectivity index (χ1) is 11.6. The SMILES string of the molecule is COCCNCc1csc(NC(=O)NCc2ccc(Cl)c(I)c2)n1. The summed E-state index contributed by atoms with van der Waals surface area (Å²) in [6.07, 6.45) is 0. The van der Waals surface area contributed by atoms with Crippen molar-refractivity contribution in [2.45, 2.75) is 13.1 Å². The monoisotopic (exact) mass is 480 g/mol. The van der Waals surface area contributed by atoms with Gasteiger partial charge in [0.2, 0.25) is 0 Å². The van der Waals surface area contributed by atoms with Crippen LogP contribution in [0.15, 0.2) is 23.6 Å². The van der Waals surface area contributed by atoms with Crippen LogP contribution >= 0.6 is 45.5 Å². The zero-order valence-corrected chi connectivity index (χ0v) is 16.8. The third-order valence-electron chi connectivity index (χ3n) is 3.00. The maximum absolute atomic E-state index is 11.9. The molecule has 0 spiro atoms. The molecule has 0 atom stereocenters. The normalized spacial score (nSPS) is 10.6. The van der Waals surface area contributed by atoms with Gasteiger partial charge in [-0.05, 0) is 40.3 Å². The lowest BCUT2D eigenvalue weighted by molar-refractivity contribution is 0.199. The van der Waals surface area contributed by atoms with Crippen LogP contribution in [0, 0.1) is 3.57 Å². The molecule has 24 heavy (non-hydrogen) atoms. The summed E-state index contributed by atoms with van der Waals surface area (Å²) in [6.45, 7) is 2.49. The lowest BCUT2D eigenvalue weighted by Crippen LogP contribution is -2.28. The molecule has 3 N–H and O–H groups in total. The molecule has 9 heteroatoms. The maximum atomic E-state index is 11.9. The lowest BCUT2D eigenvalue weighted by Gasteiger charge is -2.06. The molecule has 2 rings (SSSR count). The Morgan fingerprint density at radius 1 is 1.42 bits per heavy atom. The van der Waals surface area contributed by atoms with Gasteiger partial charge in [0.15, 0.2) is 5.13 Å². The Hall–Kier alpha value is -0.940. The van der Waals surface area contributed by atoms with E-state index in [9.17, 15) is 4.79 Å². The number of urea groups is 1. The van der Waals surface area contributed by atoms with E-state index in [1.165, 1.54) is 11.3 Å². The Morgan fingerprint density at radius 3 is 3.00 bits per heavy atom. The van der Waals surface area contributed by atoms with Gasteiger partial charge in [0.1, 0.15) is 0 Å². The first-order valence-corrected chi connectivity index (χ1v) is 9.55. The summed E-state index contributed by atoms with van der Waals surface area (Å²) < 4.78 is 5.92. The lowest BCUT2D eigenvalue weighted by atomic mass is 10.2. The van der Waals surface area contributed by atoms with Crippen LogP contribution in [0.5, 0.6) is 0 Å². The molecule has 0 fully saturated rings. The van der Waals surface area contributed by atoms with Crippen molar-refractivity contribution in [3.05, 3.63) is 43.4 Å². The highest BCUT2D eigenvalue weighted by Gasteiger charge is 2.07. The maximum Gasteiger partial charge on any atom is 0.321 e. The van der Waals surface area contributed by atoms with Crippen molar-refractivity contribution in [1.29, 1.82) is 0 Å². The van der Waals surface area contributed by atoms with E-state index in [4.69, 9.17) is 16.3 Å². The highest BCUT2D eigenvalue weighted by molar-refractivity contribution is 14.1. The third kappa shape index (κ3) is 6.52. The smallest absolute Gasteiger partial charge is 0.321 e. The molecule has 1 aromatic carbocycles. The summed E-state index contributed by atoms with van der Waals surface area (Å²) >= 11 is 9.54. The van der Waals surface area contributed by atoms with Gasteiger partial charge in [-0.3, -0.25) is 5.32 Å². The van der Waals surface area contributed by atoms with E-state index in [2.05, 4.69) is 43.5 Å². The third-order valence-corrected chi connectivity index (χ3v) is 5.35. The van der Waals surface area contributed by atoms with Crippen LogP contribution in [-0.4, -0.2) is 31.3 Å². The van der Waals surface area contributed by atoms with Gasteiger partial charge in [0, 0.05) is 35.7 Å². The minimum Gasteiger partial charge on any atom is -0.383 e. The van der Waals surface area contributed by atoms with Crippen LogP contribution in [0.1, 0.15) is 11.3 Å². The molecule has 0 aliphatic rings. The highest BCUT2D eigenvalue weighted by atomic mass is 127. The predicted octanol–water partition coefficient (Wildman–Crippen LogP) is 3.46. The molecule has 2 amide bonds.